The van der Waals surface area contributed by atoms with E-state index in [-0.39, 0.29) is 5.92 Å². The summed E-state index contributed by atoms with van der Waals surface area (Å²) in [7, 11) is -3.39. The molecule has 0 aliphatic heterocycles. The van der Waals surface area contributed by atoms with Crippen LogP contribution in [0.4, 0.5) is 0 Å². The molecule has 1 aromatic rings. The molecule has 0 radical (unpaired) electrons. The van der Waals surface area contributed by atoms with E-state index < -0.39 is 10.2 Å². The summed E-state index contributed by atoms with van der Waals surface area (Å²) in [6.45, 7) is 4.61. The molecule has 1 heterocycles. The second-order valence-corrected chi connectivity index (χ2v) is 5.41. The van der Waals surface area contributed by atoms with Crippen LogP contribution in [0.2, 0.25) is 0 Å². The molecule has 0 unspecified atom stereocenters. The van der Waals surface area contributed by atoms with E-state index in [2.05, 4.69) is 24.6 Å². The van der Waals surface area contributed by atoms with Crippen LogP contribution < -0.4 is 9.44 Å². The lowest BCUT2D eigenvalue weighted by Crippen LogP contribution is -2.39. The molecule has 8 heteroatoms. The number of aromatic nitrogens is 3. The number of nitrogens with zero attached hydrogens (tertiary/aromatic N) is 2. The zero-order valence-corrected chi connectivity index (χ0v) is 10.2. The van der Waals surface area contributed by atoms with Crippen molar-refractivity contribution in [2.75, 3.05) is 13.1 Å². The molecule has 1 rings (SSSR count). The quantitative estimate of drug-likeness (QED) is 0.600. The summed E-state index contributed by atoms with van der Waals surface area (Å²) in [6.07, 6.45) is 1.88. The lowest BCUT2D eigenvalue weighted by atomic mass is 10.2. The van der Waals surface area contributed by atoms with Crippen molar-refractivity contribution in [2.45, 2.75) is 20.3 Å². The van der Waals surface area contributed by atoms with E-state index in [4.69, 9.17) is 0 Å². The summed E-state index contributed by atoms with van der Waals surface area (Å²) < 4.78 is 27.7. The van der Waals surface area contributed by atoms with Crippen molar-refractivity contribution in [1.29, 1.82) is 0 Å². The van der Waals surface area contributed by atoms with Crippen LogP contribution in [-0.4, -0.2) is 36.7 Å². The van der Waals surface area contributed by atoms with Gasteiger partial charge in [0, 0.05) is 19.5 Å². The SMILES string of the molecule is CC(C)CNS(=O)(=O)NCCc1ncn[nH]1. The van der Waals surface area contributed by atoms with Gasteiger partial charge in [0.2, 0.25) is 0 Å². The molecule has 0 saturated carbocycles. The lowest BCUT2D eigenvalue weighted by molar-refractivity contribution is 0.547. The first-order valence-electron chi connectivity index (χ1n) is 5.08. The van der Waals surface area contributed by atoms with Gasteiger partial charge in [-0.2, -0.15) is 13.5 Å². The van der Waals surface area contributed by atoms with Crippen LogP contribution in [-0.2, 0) is 16.6 Å². The number of hydrogen-bond acceptors (Lipinski definition) is 4. The van der Waals surface area contributed by atoms with Crippen molar-refractivity contribution >= 4 is 10.2 Å². The molecule has 0 aliphatic rings. The van der Waals surface area contributed by atoms with Gasteiger partial charge in [0.1, 0.15) is 12.2 Å². The average molecular weight is 247 g/mol. The number of H-pyrrole nitrogens is 1. The Hall–Kier alpha value is -0.990. The third-order valence-electron chi connectivity index (χ3n) is 1.80. The maximum absolute atomic E-state index is 11.4. The summed E-state index contributed by atoms with van der Waals surface area (Å²) >= 11 is 0. The van der Waals surface area contributed by atoms with Gasteiger partial charge >= 0.3 is 0 Å². The predicted molar refractivity (Wildman–Crippen MR) is 59.8 cm³/mol. The van der Waals surface area contributed by atoms with Crippen LogP contribution >= 0.6 is 0 Å². The topological polar surface area (TPSA) is 99.8 Å². The second kappa shape index (κ2) is 5.92. The molecular weight excluding hydrogens is 230 g/mol. The minimum absolute atomic E-state index is 0.283. The largest absolute Gasteiger partial charge is 0.276 e. The number of nitrogens with one attached hydrogen (secondary N) is 3. The first-order chi connectivity index (χ1) is 7.49. The maximum atomic E-state index is 11.4. The highest BCUT2D eigenvalue weighted by molar-refractivity contribution is 7.87. The van der Waals surface area contributed by atoms with Crippen molar-refractivity contribution in [3.63, 3.8) is 0 Å². The zero-order valence-electron chi connectivity index (χ0n) is 9.40. The molecule has 0 aromatic carbocycles. The molecular formula is C8H17N5O2S. The minimum atomic E-state index is -3.39. The van der Waals surface area contributed by atoms with E-state index in [1.807, 2.05) is 13.8 Å². The van der Waals surface area contributed by atoms with Crippen LogP contribution in [0.15, 0.2) is 6.33 Å². The van der Waals surface area contributed by atoms with E-state index in [1.54, 1.807) is 0 Å². The molecule has 3 N–H and O–H groups in total. The standard InChI is InChI=1S/C8H17N5O2S/c1-7(2)5-12-16(14,15)11-4-3-8-9-6-10-13-8/h6-7,11-12H,3-5H2,1-2H3,(H,9,10,13). The molecule has 7 nitrogen and oxygen atoms in total. The Kier molecular flexibility index (Phi) is 4.84. The van der Waals surface area contributed by atoms with Gasteiger partial charge in [-0.1, -0.05) is 13.8 Å². The fourth-order valence-corrected chi connectivity index (χ4v) is 2.01. The molecule has 0 amide bonds. The van der Waals surface area contributed by atoms with Crippen LogP contribution in [0.5, 0.6) is 0 Å². The second-order valence-electron chi connectivity index (χ2n) is 3.82. The van der Waals surface area contributed by atoms with Crippen molar-refractivity contribution in [3.8, 4) is 0 Å². The van der Waals surface area contributed by atoms with Gasteiger partial charge < -0.3 is 0 Å². The third kappa shape index (κ3) is 5.19. The highest BCUT2D eigenvalue weighted by atomic mass is 32.2. The molecule has 0 atom stereocenters. The summed E-state index contributed by atoms with van der Waals surface area (Å²) in [5.41, 5.74) is 0. The van der Waals surface area contributed by atoms with Gasteiger partial charge in [0.25, 0.3) is 10.2 Å². The highest BCUT2D eigenvalue weighted by Gasteiger charge is 2.09. The predicted octanol–water partition coefficient (Wildman–Crippen LogP) is -0.573. The minimum Gasteiger partial charge on any atom is -0.263 e. The summed E-state index contributed by atoms with van der Waals surface area (Å²) in [5, 5.41) is 6.33. The number of aromatic amines is 1. The number of rotatable bonds is 7. The van der Waals surface area contributed by atoms with Gasteiger partial charge in [-0.3, -0.25) is 5.10 Å². The third-order valence-corrected chi connectivity index (χ3v) is 2.93. The summed E-state index contributed by atoms with van der Waals surface area (Å²) in [4.78, 5) is 3.89. The van der Waals surface area contributed by atoms with Crippen molar-refractivity contribution in [3.05, 3.63) is 12.2 Å². The van der Waals surface area contributed by atoms with Crippen LogP contribution in [0.3, 0.4) is 0 Å². The highest BCUT2D eigenvalue weighted by Crippen LogP contribution is 1.90. The Morgan fingerprint density at radius 1 is 1.44 bits per heavy atom. The van der Waals surface area contributed by atoms with E-state index in [0.29, 0.717) is 25.3 Å². The van der Waals surface area contributed by atoms with Gasteiger partial charge in [-0.05, 0) is 5.92 Å². The smallest absolute Gasteiger partial charge is 0.263 e. The van der Waals surface area contributed by atoms with Gasteiger partial charge in [-0.25, -0.2) is 14.4 Å². The Labute approximate surface area is 95.2 Å². The fraction of sp³-hybridized carbons (Fsp3) is 0.750. The van der Waals surface area contributed by atoms with Crippen molar-refractivity contribution in [1.82, 2.24) is 24.6 Å². The van der Waals surface area contributed by atoms with Gasteiger partial charge in [0.15, 0.2) is 0 Å². The molecule has 1 aromatic heterocycles. The van der Waals surface area contributed by atoms with Crippen LogP contribution in [0, 0.1) is 5.92 Å². The first kappa shape index (κ1) is 13.1. The van der Waals surface area contributed by atoms with E-state index >= 15 is 0 Å². The Bertz CT molecular complexity index is 387. The van der Waals surface area contributed by atoms with E-state index in [0.717, 1.165) is 0 Å². The van der Waals surface area contributed by atoms with Gasteiger partial charge in [-0.15, -0.1) is 0 Å². The van der Waals surface area contributed by atoms with Gasteiger partial charge in [0.05, 0.1) is 0 Å². The first-order valence-corrected chi connectivity index (χ1v) is 6.56. The molecule has 0 spiro atoms. The van der Waals surface area contributed by atoms with E-state index in [9.17, 15) is 8.42 Å². The molecule has 92 valence electrons. The van der Waals surface area contributed by atoms with Crippen LogP contribution in [0.25, 0.3) is 0 Å². The molecule has 0 fully saturated rings. The molecule has 0 saturated heterocycles. The fourth-order valence-electron chi connectivity index (χ4n) is 0.982. The van der Waals surface area contributed by atoms with E-state index in [1.165, 1.54) is 6.33 Å². The Morgan fingerprint density at radius 3 is 2.75 bits per heavy atom. The Morgan fingerprint density at radius 2 is 2.19 bits per heavy atom. The number of hydrogen-bond donors (Lipinski definition) is 3. The average Bonchev–Trinajstić information content (AvgIpc) is 2.68. The normalized spacial score (nSPS) is 12.2. The zero-order chi connectivity index (χ0) is 12.0. The van der Waals surface area contributed by atoms with Crippen LogP contribution in [0.1, 0.15) is 19.7 Å². The monoisotopic (exact) mass is 247 g/mol. The lowest BCUT2D eigenvalue weighted by Gasteiger charge is -2.09. The molecule has 16 heavy (non-hydrogen) atoms. The Balaban J connectivity index is 2.26. The summed E-state index contributed by atoms with van der Waals surface area (Å²) in [6, 6.07) is 0. The summed E-state index contributed by atoms with van der Waals surface area (Å²) in [5.74, 6) is 0.942. The molecule has 0 aliphatic carbocycles. The van der Waals surface area contributed by atoms with Crippen molar-refractivity contribution in [2.24, 2.45) is 5.92 Å². The van der Waals surface area contributed by atoms with Crippen molar-refractivity contribution < 1.29 is 8.42 Å². The molecule has 0 bridgehead atoms. The maximum Gasteiger partial charge on any atom is 0.276 e.